The average Bonchev–Trinajstić information content (AvgIpc) is 2.92. The van der Waals surface area contributed by atoms with Crippen molar-refractivity contribution in [1.29, 1.82) is 0 Å². The third kappa shape index (κ3) is 3.10. The summed E-state index contributed by atoms with van der Waals surface area (Å²) in [6.07, 6.45) is 2.13. The van der Waals surface area contributed by atoms with Crippen molar-refractivity contribution in [3.05, 3.63) is 22.4 Å². The number of carbonyl (C=O) groups excluding carboxylic acids is 1. The Morgan fingerprint density at radius 1 is 1.61 bits per heavy atom. The van der Waals surface area contributed by atoms with Crippen molar-refractivity contribution in [2.75, 3.05) is 19.7 Å². The third-order valence-electron chi connectivity index (χ3n) is 3.27. The van der Waals surface area contributed by atoms with Crippen LogP contribution in [0.4, 0.5) is 0 Å². The van der Waals surface area contributed by atoms with E-state index in [4.69, 9.17) is 10.5 Å². The van der Waals surface area contributed by atoms with Crippen LogP contribution in [0.15, 0.2) is 17.5 Å². The summed E-state index contributed by atoms with van der Waals surface area (Å²) in [6, 6.07) is 3.34. The van der Waals surface area contributed by atoms with Crippen LogP contribution in [0.2, 0.25) is 0 Å². The molecule has 1 fully saturated rings. The molecule has 2 heterocycles. The second-order valence-electron chi connectivity index (χ2n) is 4.47. The highest BCUT2D eigenvalue weighted by molar-refractivity contribution is 7.10. The number of piperidine rings is 1. The molecule has 0 spiro atoms. The Bertz CT molecular complexity index is 372. The highest BCUT2D eigenvalue weighted by Gasteiger charge is 2.27. The molecule has 1 saturated heterocycles. The van der Waals surface area contributed by atoms with Crippen LogP contribution in [0.5, 0.6) is 0 Å². The number of ether oxygens (including phenoxy) is 1. The van der Waals surface area contributed by atoms with Gasteiger partial charge in [0.05, 0.1) is 6.10 Å². The Hall–Kier alpha value is -0.910. The predicted molar refractivity (Wildman–Crippen MR) is 72.5 cm³/mol. The molecule has 1 atom stereocenters. The topological polar surface area (TPSA) is 55.6 Å². The third-order valence-corrected chi connectivity index (χ3v) is 4.23. The van der Waals surface area contributed by atoms with E-state index in [0.717, 1.165) is 37.4 Å². The summed E-state index contributed by atoms with van der Waals surface area (Å²) < 4.78 is 5.58. The van der Waals surface area contributed by atoms with E-state index in [2.05, 4.69) is 0 Å². The van der Waals surface area contributed by atoms with Crippen LogP contribution in [-0.4, -0.2) is 36.6 Å². The fraction of sp³-hybridized carbons (Fsp3) is 0.615. The summed E-state index contributed by atoms with van der Waals surface area (Å²) in [5.74, 6) is 0.0346. The standard InChI is InChI=1S/C13H20N2O2S/c1-2-17-10-5-7-15(8-6-10)13(16)12(14)11-4-3-9-18-11/h3-4,9-10,12H,2,5-8,14H2,1H3. The SMILES string of the molecule is CCOC1CCN(C(=O)C(N)c2cccs2)CC1. The molecule has 5 heteroatoms. The molecule has 0 aromatic carbocycles. The van der Waals surface area contributed by atoms with Crippen LogP contribution in [0.3, 0.4) is 0 Å². The number of nitrogens with two attached hydrogens (primary N) is 1. The van der Waals surface area contributed by atoms with Gasteiger partial charge >= 0.3 is 0 Å². The summed E-state index contributed by atoms with van der Waals surface area (Å²) >= 11 is 1.53. The molecular formula is C13H20N2O2S. The van der Waals surface area contributed by atoms with Crippen LogP contribution in [0.25, 0.3) is 0 Å². The molecule has 0 aliphatic carbocycles. The number of likely N-dealkylation sites (tertiary alicyclic amines) is 1. The zero-order valence-electron chi connectivity index (χ0n) is 10.7. The van der Waals surface area contributed by atoms with Crippen molar-refractivity contribution < 1.29 is 9.53 Å². The first kappa shape index (κ1) is 13.5. The number of hydrogen-bond acceptors (Lipinski definition) is 4. The van der Waals surface area contributed by atoms with Gasteiger partial charge in [0.1, 0.15) is 6.04 Å². The van der Waals surface area contributed by atoms with Gasteiger partial charge in [-0.05, 0) is 31.2 Å². The molecule has 1 aromatic rings. The lowest BCUT2D eigenvalue weighted by Crippen LogP contribution is -2.44. The van der Waals surface area contributed by atoms with Gasteiger partial charge in [0.25, 0.3) is 0 Å². The summed E-state index contributed by atoms with van der Waals surface area (Å²) in [5.41, 5.74) is 6.00. The second kappa shape index (κ2) is 6.31. The van der Waals surface area contributed by atoms with Gasteiger partial charge in [-0.3, -0.25) is 4.79 Å². The second-order valence-corrected chi connectivity index (χ2v) is 5.45. The van der Waals surface area contributed by atoms with Gasteiger partial charge in [0, 0.05) is 24.6 Å². The fourth-order valence-corrected chi connectivity index (χ4v) is 2.98. The number of nitrogens with zero attached hydrogens (tertiary/aromatic N) is 1. The maximum Gasteiger partial charge on any atom is 0.244 e. The van der Waals surface area contributed by atoms with Gasteiger partial charge in [-0.1, -0.05) is 6.07 Å². The quantitative estimate of drug-likeness (QED) is 0.905. The van der Waals surface area contributed by atoms with E-state index in [0.29, 0.717) is 6.10 Å². The van der Waals surface area contributed by atoms with Crippen molar-refractivity contribution in [1.82, 2.24) is 4.90 Å². The molecule has 100 valence electrons. The maximum absolute atomic E-state index is 12.2. The van der Waals surface area contributed by atoms with Gasteiger partial charge in [0.15, 0.2) is 0 Å². The van der Waals surface area contributed by atoms with Crippen LogP contribution in [0, 0.1) is 0 Å². The van der Waals surface area contributed by atoms with Gasteiger partial charge in [-0.2, -0.15) is 0 Å². The van der Waals surface area contributed by atoms with Crippen molar-refractivity contribution >= 4 is 17.2 Å². The normalized spacial score (nSPS) is 18.9. The highest BCUT2D eigenvalue weighted by Crippen LogP contribution is 2.21. The summed E-state index contributed by atoms with van der Waals surface area (Å²) in [6.45, 7) is 4.25. The molecule has 1 unspecified atom stereocenters. The number of thiophene rings is 1. The minimum atomic E-state index is -0.506. The Morgan fingerprint density at radius 2 is 2.33 bits per heavy atom. The van der Waals surface area contributed by atoms with Crippen molar-refractivity contribution in [3.63, 3.8) is 0 Å². The fourth-order valence-electron chi connectivity index (χ4n) is 2.27. The Balaban J connectivity index is 1.87. The molecule has 4 nitrogen and oxygen atoms in total. The van der Waals surface area contributed by atoms with Gasteiger partial charge < -0.3 is 15.4 Å². The lowest BCUT2D eigenvalue weighted by molar-refractivity contribution is -0.135. The Morgan fingerprint density at radius 3 is 2.89 bits per heavy atom. The maximum atomic E-state index is 12.2. The largest absolute Gasteiger partial charge is 0.378 e. The average molecular weight is 268 g/mol. The van der Waals surface area contributed by atoms with Gasteiger partial charge in [-0.25, -0.2) is 0 Å². The zero-order chi connectivity index (χ0) is 13.0. The van der Waals surface area contributed by atoms with E-state index in [1.807, 2.05) is 29.3 Å². The first-order valence-electron chi connectivity index (χ1n) is 6.41. The smallest absolute Gasteiger partial charge is 0.244 e. The molecule has 1 aromatic heterocycles. The van der Waals surface area contributed by atoms with Gasteiger partial charge in [-0.15, -0.1) is 11.3 Å². The molecule has 0 bridgehead atoms. The van der Waals surface area contributed by atoms with Crippen LogP contribution in [-0.2, 0) is 9.53 Å². The van der Waals surface area contributed by atoms with Gasteiger partial charge in [0.2, 0.25) is 5.91 Å². The van der Waals surface area contributed by atoms with Crippen molar-refractivity contribution in [2.24, 2.45) is 5.73 Å². The minimum Gasteiger partial charge on any atom is -0.378 e. The zero-order valence-corrected chi connectivity index (χ0v) is 11.5. The molecule has 18 heavy (non-hydrogen) atoms. The van der Waals surface area contributed by atoms with Crippen molar-refractivity contribution in [3.8, 4) is 0 Å². The monoisotopic (exact) mass is 268 g/mol. The van der Waals surface area contributed by atoms with Crippen molar-refractivity contribution in [2.45, 2.75) is 31.9 Å². The first-order valence-corrected chi connectivity index (χ1v) is 7.29. The van der Waals surface area contributed by atoms with E-state index in [1.165, 1.54) is 11.3 Å². The van der Waals surface area contributed by atoms with Crippen LogP contribution in [0.1, 0.15) is 30.7 Å². The predicted octanol–water partition coefficient (Wildman–Crippen LogP) is 1.78. The van der Waals surface area contributed by atoms with E-state index < -0.39 is 6.04 Å². The summed E-state index contributed by atoms with van der Waals surface area (Å²) in [7, 11) is 0. The molecule has 1 aliphatic heterocycles. The minimum absolute atomic E-state index is 0.0346. The van der Waals surface area contributed by atoms with Crippen LogP contribution >= 0.6 is 11.3 Å². The van der Waals surface area contributed by atoms with E-state index in [1.54, 1.807) is 0 Å². The lowest BCUT2D eigenvalue weighted by atomic mass is 10.1. The van der Waals surface area contributed by atoms with Crippen LogP contribution < -0.4 is 5.73 Å². The Kier molecular flexibility index (Phi) is 4.74. The number of hydrogen-bond donors (Lipinski definition) is 1. The molecule has 0 saturated carbocycles. The highest BCUT2D eigenvalue weighted by atomic mass is 32.1. The summed E-state index contributed by atoms with van der Waals surface area (Å²) in [4.78, 5) is 15.0. The van der Waals surface area contributed by atoms with E-state index in [9.17, 15) is 4.79 Å². The lowest BCUT2D eigenvalue weighted by Gasteiger charge is -2.33. The van der Waals surface area contributed by atoms with E-state index in [-0.39, 0.29) is 5.91 Å². The summed E-state index contributed by atoms with van der Waals surface area (Å²) in [5, 5.41) is 1.95. The number of carbonyl (C=O) groups is 1. The number of rotatable bonds is 4. The molecular weight excluding hydrogens is 248 g/mol. The van der Waals surface area contributed by atoms with E-state index >= 15 is 0 Å². The Labute approximate surface area is 112 Å². The number of amides is 1. The molecule has 0 radical (unpaired) electrons. The molecule has 2 N–H and O–H groups in total. The molecule has 1 amide bonds. The molecule has 1 aliphatic rings. The first-order chi connectivity index (χ1) is 8.72. The molecule has 2 rings (SSSR count).